The maximum absolute atomic E-state index is 15.6. The van der Waals surface area contributed by atoms with Gasteiger partial charge in [0.1, 0.15) is 34.9 Å². The fourth-order valence-electron chi connectivity index (χ4n) is 6.21. The molecule has 1 aliphatic heterocycles. The molecule has 14 nitrogen and oxygen atoms in total. The number of likely N-dealkylation sites (tertiary alicyclic amines) is 1. The summed E-state index contributed by atoms with van der Waals surface area (Å²) in [6.45, 7) is 1.10. The number of nitrogens with zero attached hydrogens (tertiary/aromatic N) is 6. The van der Waals surface area contributed by atoms with Gasteiger partial charge in [-0.05, 0) is 78.9 Å². The molecule has 2 amide bonds. The first-order valence-corrected chi connectivity index (χ1v) is 17.3. The molecule has 2 N–H and O–H groups in total. The summed E-state index contributed by atoms with van der Waals surface area (Å²) < 4.78 is 49.4. The Bertz CT molecular complexity index is 2390. The number of carbonyl (C=O) groups excluding carboxylic acids is 2. The van der Waals surface area contributed by atoms with Crippen LogP contribution in [0.25, 0.3) is 16.7 Å². The van der Waals surface area contributed by atoms with Gasteiger partial charge in [-0.3, -0.25) is 14.4 Å². The predicted molar refractivity (Wildman–Crippen MR) is 196 cm³/mol. The molecule has 0 unspecified atom stereocenters. The normalized spacial score (nSPS) is 13.1. The van der Waals surface area contributed by atoms with E-state index in [1.54, 1.807) is 22.8 Å². The molecule has 1 aliphatic rings. The van der Waals surface area contributed by atoms with Gasteiger partial charge in [0, 0.05) is 43.3 Å². The summed E-state index contributed by atoms with van der Waals surface area (Å²) in [4.78, 5) is 44.3. The molecule has 3 aromatic carbocycles. The first kappa shape index (κ1) is 36.7. The topological polar surface area (TPSA) is 163 Å². The molecule has 0 atom stereocenters. The highest BCUT2D eigenvalue weighted by atomic mass is 19.1. The number of aliphatic hydroxyl groups is 1. The minimum absolute atomic E-state index is 0.0577. The zero-order valence-electron chi connectivity index (χ0n) is 29.5. The number of aromatic nitrogens is 5. The number of halogens is 2. The van der Waals surface area contributed by atoms with Crippen LogP contribution in [-0.4, -0.2) is 79.8 Å². The molecule has 1 fully saturated rings. The zero-order valence-corrected chi connectivity index (χ0v) is 29.5. The number of pyridine rings is 1. The molecule has 3 aromatic heterocycles. The molecule has 7 rings (SSSR count). The third-order valence-corrected chi connectivity index (χ3v) is 9.18. The molecule has 16 heteroatoms. The number of benzene rings is 3. The lowest BCUT2D eigenvalue weighted by Gasteiger charge is -2.31. The van der Waals surface area contributed by atoms with Crippen LogP contribution < -0.4 is 25.1 Å². The number of nitrogens with one attached hydrogen (secondary N) is 1. The molecular weight excluding hydrogens is 716 g/mol. The minimum Gasteiger partial charge on any atom is -0.497 e. The van der Waals surface area contributed by atoms with E-state index in [4.69, 9.17) is 19.3 Å². The number of hydrogen-bond acceptors (Lipinski definition) is 10. The largest absolute Gasteiger partial charge is 0.497 e. The molecule has 0 saturated carbocycles. The standard InChI is InChI=1S/C39H35F2N7O7/c1-53-29-9-2-24(3-10-29)21-47-36-35(38(45-47)54-23-25-14-18-46(19-15-25)34(50)22-49)33(13-16-42-36)55-32-11-6-27(20-31(32)41)44-37(51)30-12-17-43-48(39(30)52)28-7-4-26(40)5-8-28/h2-13,16-17,20,25,49H,14-15,18-19,21-23H2,1H3,(H,44,51). The number of methoxy groups -OCH3 is 1. The van der Waals surface area contributed by atoms with Crippen molar-refractivity contribution in [2.75, 3.05) is 38.7 Å². The van der Waals surface area contributed by atoms with Gasteiger partial charge in [-0.15, -0.1) is 5.10 Å². The number of ether oxygens (including phenoxy) is 3. The first-order chi connectivity index (χ1) is 26.7. The summed E-state index contributed by atoms with van der Waals surface area (Å²) in [7, 11) is 1.59. The average Bonchev–Trinajstić information content (AvgIpc) is 3.56. The smallest absolute Gasteiger partial charge is 0.284 e. The van der Waals surface area contributed by atoms with Crippen molar-refractivity contribution in [2.45, 2.75) is 19.4 Å². The third kappa shape index (κ3) is 8.13. The van der Waals surface area contributed by atoms with E-state index in [9.17, 15) is 23.9 Å². The number of aliphatic hydroxyl groups excluding tert-OH is 1. The van der Waals surface area contributed by atoms with Crippen LogP contribution in [0.5, 0.6) is 23.1 Å². The Labute approximate surface area is 312 Å². The van der Waals surface area contributed by atoms with Gasteiger partial charge < -0.3 is 29.5 Å². The van der Waals surface area contributed by atoms with Crippen molar-refractivity contribution in [3.8, 4) is 28.8 Å². The van der Waals surface area contributed by atoms with Gasteiger partial charge in [0.25, 0.3) is 11.5 Å². The van der Waals surface area contributed by atoms with Crippen molar-refractivity contribution in [1.82, 2.24) is 29.4 Å². The van der Waals surface area contributed by atoms with Crippen LogP contribution in [0.3, 0.4) is 0 Å². The van der Waals surface area contributed by atoms with Gasteiger partial charge in [0.15, 0.2) is 17.2 Å². The van der Waals surface area contributed by atoms with E-state index in [-0.39, 0.29) is 46.1 Å². The maximum atomic E-state index is 15.6. The van der Waals surface area contributed by atoms with Crippen LogP contribution in [-0.2, 0) is 11.3 Å². The van der Waals surface area contributed by atoms with Crippen LogP contribution >= 0.6 is 0 Å². The Morgan fingerprint density at radius 1 is 0.945 bits per heavy atom. The van der Waals surface area contributed by atoms with E-state index >= 15 is 4.39 Å². The second kappa shape index (κ2) is 16.1. The predicted octanol–water partition coefficient (Wildman–Crippen LogP) is 4.97. The number of fused-ring (bicyclic) bond motifs is 1. The number of carbonyl (C=O) groups is 2. The summed E-state index contributed by atoms with van der Waals surface area (Å²) in [5.74, 6) is -1.31. The second-order valence-electron chi connectivity index (χ2n) is 12.8. The van der Waals surface area contributed by atoms with E-state index in [1.165, 1.54) is 54.9 Å². The molecule has 0 spiro atoms. The summed E-state index contributed by atoms with van der Waals surface area (Å²) in [6, 6.07) is 19.1. The quantitative estimate of drug-likeness (QED) is 0.175. The zero-order chi connectivity index (χ0) is 38.5. The summed E-state index contributed by atoms with van der Waals surface area (Å²) >= 11 is 0. The lowest BCUT2D eigenvalue weighted by Crippen LogP contribution is -2.41. The Kier molecular flexibility index (Phi) is 10.8. The van der Waals surface area contributed by atoms with E-state index in [0.29, 0.717) is 55.9 Å². The number of anilines is 1. The maximum Gasteiger partial charge on any atom is 0.284 e. The summed E-state index contributed by atoms with van der Waals surface area (Å²) in [5, 5.41) is 20.9. The highest BCUT2D eigenvalue weighted by Gasteiger charge is 2.25. The van der Waals surface area contributed by atoms with Gasteiger partial charge in [0.05, 0.1) is 25.9 Å². The van der Waals surface area contributed by atoms with Crippen molar-refractivity contribution in [2.24, 2.45) is 5.92 Å². The van der Waals surface area contributed by atoms with Crippen molar-refractivity contribution in [1.29, 1.82) is 0 Å². The SMILES string of the molecule is COc1ccc(Cn2nc(OCC3CCN(C(=O)CO)CC3)c3c(Oc4ccc(NC(=O)c5ccnn(-c6ccc(F)cc6)c5=O)cc4F)ccnc32)cc1. The molecule has 282 valence electrons. The summed E-state index contributed by atoms with van der Waals surface area (Å²) in [6.07, 6.45) is 4.13. The highest BCUT2D eigenvalue weighted by Crippen LogP contribution is 2.37. The van der Waals surface area contributed by atoms with Crippen LogP contribution in [0.15, 0.2) is 96.1 Å². The molecule has 1 saturated heterocycles. The highest BCUT2D eigenvalue weighted by molar-refractivity contribution is 6.04. The van der Waals surface area contributed by atoms with Gasteiger partial charge in [0.2, 0.25) is 11.8 Å². The molecule has 0 bridgehead atoms. The fourth-order valence-corrected chi connectivity index (χ4v) is 6.21. The molecule has 0 aliphatic carbocycles. The summed E-state index contributed by atoms with van der Waals surface area (Å²) in [5.41, 5.74) is 0.651. The molecule has 6 aromatic rings. The van der Waals surface area contributed by atoms with Crippen molar-refractivity contribution >= 4 is 28.5 Å². The van der Waals surface area contributed by atoms with E-state index in [1.807, 2.05) is 24.3 Å². The number of piperidine rings is 1. The number of hydrogen-bond donors (Lipinski definition) is 2. The molecule has 0 radical (unpaired) electrons. The Balaban J connectivity index is 1.12. The van der Waals surface area contributed by atoms with Gasteiger partial charge in [-0.1, -0.05) is 12.1 Å². The number of amides is 2. The molecule has 55 heavy (non-hydrogen) atoms. The average molecular weight is 752 g/mol. The Hall–Kier alpha value is -6.68. The number of rotatable bonds is 12. The minimum atomic E-state index is -0.807. The Morgan fingerprint density at radius 3 is 2.42 bits per heavy atom. The fraction of sp³-hybridized carbons (Fsp3) is 0.231. The van der Waals surface area contributed by atoms with Crippen LogP contribution in [0.2, 0.25) is 0 Å². The molecule has 4 heterocycles. The third-order valence-electron chi connectivity index (χ3n) is 9.18. The van der Waals surface area contributed by atoms with Gasteiger partial charge >= 0.3 is 0 Å². The first-order valence-electron chi connectivity index (χ1n) is 17.3. The molecular formula is C39H35F2N7O7. The lowest BCUT2D eigenvalue weighted by molar-refractivity contribution is -0.135. The van der Waals surface area contributed by atoms with Crippen LogP contribution in [0.1, 0.15) is 28.8 Å². The van der Waals surface area contributed by atoms with Crippen molar-refractivity contribution in [3.63, 3.8) is 0 Å². The van der Waals surface area contributed by atoms with Crippen LogP contribution in [0, 0.1) is 17.6 Å². The van der Waals surface area contributed by atoms with Crippen LogP contribution in [0.4, 0.5) is 14.5 Å². The van der Waals surface area contributed by atoms with Gasteiger partial charge in [-0.2, -0.15) is 9.78 Å². The van der Waals surface area contributed by atoms with E-state index in [2.05, 4.69) is 15.4 Å². The second-order valence-corrected chi connectivity index (χ2v) is 12.8. The van der Waals surface area contributed by atoms with E-state index in [0.717, 1.165) is 16.3 Å². The van der Waals surface area contributed by atoms with Crippen molar-refractivity contribution < 1.29 is 37.7 Å². The van der Waals surface area contributed by atoms with Crippen molar-refractivity contribution in [3.05, 3.63) is 124 Å². The monoisotopic (exact) mass is 751 g/mol. The lowest BCUT2D eigenvalue weighted by atomic mass is 9.98. The Morgan fingerprint density at radius 2 is 1.71 bits per heavy atom. The van der Waals surface area contributed by atoms with E-state index < -0.39 is 29.7 Å². The van der Waals surface area contributed by atoms with Gasteiger partial charge in [-0.25, -0.2) is 18.4 Å².